The number of benzene rings is 1. The van der Waals surface area contributed by atoms with Crippen molar-refractivity contribution < 1.29 is 34.9 Å². The number of aliphatic hydroxyl groups is 4. The topological polar surface area (TPSA) is 162 Å². The monoisotopic (exact) mass is 342 g/mol. The van der Waals surface area contributed by atoms with E-state index < -0.39 is 47.6 Å². The fourth-order valence-corrected chi connectivity index (χ4v) is 2.64. The van der Waals surface area contributed by atoms with Gasteiger partial charge in [-0.15, -0.1) is 0 Å². The summed E-state index contributed by atoms with van der Waals surface area (Å²) < 4.78 is 5.32. The van der Waals surface area contributed by atoms with Crippen LogP contribution in [0.5, 0.6) is 0 Å². The highest BCUT2D eigenvalue weighted by Crippen LogP contribution is 2.36. The van der Waals surface area contributed by atoms with Gasteiger partial charge in [-0.1, -0.05) is 0 Å². The fraction of sp³-hybridized carbons (Fsp3) is 0.500. The molecule has 1 aromatic rings. The second kappa shape index (κ2) is 6.79. The molecule has 0 unspecified atom stereocenters. The molecule has 24 heavy (non-hydrogen) atoms. The smallest absolute Gasteiger partial charge is 0.269 e. The summed E-state index contributed by atoms with van der Waals surface area (Å²) in [5, 5.41) is 53.3. The first kappa shape index (κ1) is 18.2. The van der Waals surface area contributed by atoms with Gasteiger partial charge in [-0.05, 0) is 12.1 Å². The van der Waals surface area contributed by atoms with E-state index in [1.165, 1.54) is 12.1 Å². The molecule has 10 nitrogen and oxygen atoms in total. The minimum absolute atomic E-state index is 0.0104. The van der Waals surface area contributed by atoms with Gasteiger partial charge >= 0.3 is 0 Å². The van der Waals surface area contributed by atoms with Gasteiger partial charge in [0.2, 0.25) is 11.7 Å². The lowest BCUT2D eigenvalue weighted by Crippen LogP contribution is -2.68. The Hall–Kier alpha value is -2.11. The molecule has 0 radical (unpaired) electrons. The van der Waals surface area contributed by atoms with Crippen molar-refractivity contribution in [3.8, 4) is 0 Å². The molecule has 2 rings (SSSR count). The molecule has 1 saturated heterocycles. The summed E-state index contributed by atoms with van der Waals surface area (Å²) in [6, 6.07) is 3.19. The Morgan fingerprint density at radius 1 is 1.33 bits per heavy atom. The van der Waals surface area contributed by atoms with Crippen molar-refractivity contribution in [2.45, 2.75) is 37.1 Å². The van der Waals surface area contributed by atoms with Gasteiger partial charge in [0.15, 0.2) is 0 Å². The van der Waals surface area contributed by atoms with Gasteiger partial charge in [-0.3, -0.25) is 14.9 Å². The Morgan fingerprint density at radius 3 is 2.38 bits per heavy atom. The maximum absolute atomic E-state index is 11.4. The molecule has 0 spiro atoms. The van der Waals surface area contributed by atoms with Crippen LogP contribution in [0.3, 0.4) is 0 Å². The van der Waals surface area contributed by atoms with E-state index in [1.807, 2.05) is 0 Å². The van der Waals surface area contributed by atoms with Crippen LogP contribution in [0.25, 0.3) is 0 Å². The maximum atomic E-state index is 11.4. The highest BCUT2D eigenvalue weighted by atomic mass is 16.6. The minimum Gasteiger partial charge on any atom is -0.394 e. The number of rotatable bonds is 4. The number of hydrogen-bond donors (Lipinski definition) is 5. The number of nitro benzene ring substituents is 1. The van der Waals surface area contributed by atoms with E-state index in [1.54, 1.807) is 0 Å². The van der Waals surface area contributed by atoms with Gasteiger partial charge in [-0.25, -0.2) is 0 Å². The Bertz CT molecular complexity index is 622. The molecule has 1 heterocycles. The van der Waals surface area contributed by atoms with Gasteiger partial charge in [0.1, 0.15) is 24.4 Å². The van der Waals surface area contributed by atoms with Crippen LogP contribution in [0.4, 0.5) is 5.69 Å². The molecule has 5 N–H and O–H groups in total. The lowest BCUT2D eigenvalue weighted by molar-refractivity contribution is -0.385. The molecule has 1 fully saturated rings. The summed E-state index contributed by atoms with van der Waals surface area (Å²) in [6.07, 6.45) is -4.50. The number of non-ortho nitro benzene ring substituents is 1. The maximum Gasteiger partial charge on any atom is 0.269 e. The lowest BCUT2D eigenvalue weighted by Gasteiger charge is -2.47. The van der Waals surface area contributed by atoms with Crippen LogP contribution in [-0.4, -0.2) is 62.2 Å². The summed E-state index contributed by atoms with van der Waals surface area (Å²) in [6.45, 7) is 0.452. The minimum atomic E-state index is -2.30. The summed E-state index contributed by atoms with van der Waals surface area (Å²) in [5.74, 6) is -2.90. The first-order valence-electron chi connectivity index (χ1n) is 7.10. The Morgan fingerprint density at radius 2 is 1.92 bits per heavy atom. The van der Waals surface area contributed by atoms with E-state index in [-0.39, 0.29) is 11.3 Å². The predicted molar refractivity (Wildman–Crippen MR) is 78.6 cm³/mol. The van der Waals surface area contributed by atoms with Crippen molar-refractivity contribution >= 4 is 11.6 Å². The standard InChI is InChI=1S/C14H18N2O8/c1-7(18)15-13-12(20)11(19)10(6-17)24-14(13,21)8-2-4-9(5-3-8)16(22)23/h2-5,10-13,17,19-21H,6H2,1H3,(H,15,18)/t10-,11+,12+,13-,14+/m1/s1. The van der Waals surface area contributed by atoms with E-state index in [4.69, 9.17) is 4.74 Å². The van der Waals surface area contributed by atoms with Crippen LogP contribution in [0.1, 0.15) is 12.5 Å². The van der Waals surface area contributed by atoms with Gasteiger partial charge in [-0.2, -0.15) is 0 Å². The molecule has 5 atom stereocenters. The van der Waals surface area contributed by atoms with Crippen LogP contribution in [0.15, 0.2) is 24.3 Å². The summed E-state index contributed by atoms with van der Waals surface area (Å²) in [7, 11) is 0. The molecule has 132 valence electrons. The van der Waals surface area contributed by atoms with Crippen LogP contribution >= 0.6 is 0 Å². The third-order valence-corrected chi connectivity index (χ3v) is 3.86. The zero-order chi connectivity index (χ0) is 18.1. The SMILES string of the molecule is CC(=O)N[C@@H]1[C@@H](O)[C@@H](O)[C@@H](CO)O[C@@]1(O)c1ccc([N+](=O)[O-])cc1. The average Bonchev–Trinajstić information content (AvgIpc) is 2.55. The van der Waals surface area contributed by atoms with E-state index in [0.717, 1.165) is 19.1 Å². The normalized spacial score (nSPS) is 33.0. The zero-order valence-electron chi connectivity index (χ0n) is 12.7. The first-order chi connectivity index (χ1) is 11.2. The largest absolute Gasteiger partial charge is 0.394 e. The van der Waals surface area contributed by atoms with Crippen LogP contribution < -0.4 is 5.32 Å². The van der Waals surface area contributed by atoms with Crippen molar-refractivity contribution in [3.63, 3.8) is 0 Å². The molecule has 1 amide bonds. The number of amides is 1. The van der Waals surface area contributed by atoms with Crippen LogP contribution in [-0.2, 0) is 15.3 Å². The predicted octanol–water partition coefficient (Wildman–Crippen LogP) is -1.64. The molecule has 1 aliphatic heterocycles. The van der Waals surface area contributed by atoms with Crippen molar-refractivity contribution in [2.24, 2.45) is 0 Å². The number of aliphatic hydroxyl groups excluding tert-OH is 3. The van der Waals surface area contributed by atoms with Crippen molar-refractivity contribution in [3.05, 3.63) is 39.9 Å². The van der Waals surface area contributed by atoms with Gasteiger partial charge < -0.3 is 30.5 Å². The van der Waals surface area contributed by atoms with E-state index in [2.05, 4.69) is 5.32 Å². The van der Waals surface area contributed by atoms with Gasteiger partial charge in [0, 0.05) is 24.6 Å². The number of carbonyl (C=O) groups is 1. The first-order valence-corrected chi connectivity index (χ1v) is 7.10. The fourth-order valence-electron chi connectivity index (χ4n) is 2.64. The molecular weight excluding hydrogens is 324 g/mol. The van der Waals surface area contributed by atoms with Crippen molar-refractivity contribution in [1.82, 2.24) is 5.32 Å². The highest BCUT2D eigenvalue weighted by Gasteiger charge is 2.54. The quantitative estimate of drug-likeness (QED) is 0.321. The third-order valence-electron chi connectivity index (χ3n) is 3.86. The third kappa shape index (κ3) is 3.23. The zero-order valence-corrected chi connectivity index (χ0v) is 12.7. The van der Waals surface area contributed by atoms with E-state index in [9.17, 15) is 35.3 Å². The van der Waals surface area contributed by atoms with Gasteiger partial charge in [0.25, 0.3) is 5.69 Å². The van der Waals surface area contributed by atoms with E-state index >= 15 is 0 Å². The number of ether oxygens (including phenoxy) is 1. The molecular formula is C14H18N2O8. The number of nitrogens with one attached hydrogen (secondary N) is 1. The molecule has 10 heteroatoms. The molecule has 0 saturated carbocycles. The number of nitro groups is 1. The highest BCUT2D eigenvalue weighted by molar-refractivity contribution is 5.73. The molecule has 0 aromatic heterocycles. The Balaban J connectivity index is 2.46. The average molecular weight is 342 g/mol. The van der Waals surface area contributed by atoms with Gasteiger partial charge in [0.05, 0.1) is 11.5 Å². The summed E-state index contributed by atoms with van der Waals surface area (Å²) >= 11 is 0. The second-order valence-corrected chi connectivity index (χ2v) is 5.50. The second-order valence-electron chi connectivity index (χ2n) is 5.50. The summed E-state index contributed by atoms with van der Waals surface area (Å²) in [5.41, 5.74) is -0.218. The van der Waals surface area contributed by atoms with Crippen LogP contribution in [0.2, 0.25) is 0 Å². The molecule has 0 aliphatic carbocycles. The lowest BCUT2D eigenvalue weighted by atomic mass is 9.86. The van der Waals surface area contributed by atoms with Crippen molar-refractivity contribution in [2.75, 3.05) is 6.61 Å². The van der Waals surface area contributed by atoms with E-state index in [0.29, 0.717) is 0 Å². The summed E-state index contributed by atoms with van der Waals surface area (Å²) in [4.78, 5) is 21.5. The molecule has 1 aliphatic rings. The Labute approximate surface area is 136 Å². The molecule has 0 bridgehead atoms. The van der Waals surface area contributed by atoms with Crippen molar-refractivity contribution in [1.29, 1.82) is 0 Å². The Kier molecular flexibility index (Phi) is 5.16. The number of hydrogen-bond acceptors (Lipinski definition) is 8. The molecule has 1 aromatic carbocycles. The van der Waals surface area contributed by atoms with Crippen LogP contribution in [0, 0.1) is 10.1 Å². The number of carbonyl (C=O) groups excluding carboxylic acids is 1. The number of nitrogens with zero attached hydrogens (tertiary/aromatic N) is 1.